The molecule has 0 atom stereocenters. The zero-order valence-electron chi connectivity index (χ0n) is 9.94. The van der Waals surface area contributed by atoms with Gasteiger partial charge < -0.3 is 5.32 Å². The maximum absolute atomic E-state index is 11.6. The Hall–Kier alpha value is -0.530. The maximum atomic E-state index is 11.6. The quantitative estimate of drug-likeness (QED) is 0.635. The molecule has 0 aromatic heterocycles. The molecule has 1 rings (SSSR count). The minimum atomic E-state index is 0.171. The third-order valence-electron chi connectivity index (χ3n) is 3.11. The molecule has 2 heteroatoms. The van der Waals surface area contributed by atoms with Crippen molar-refractivity contribution in [2.75, 3.05) is 6.54 Å². The first-order valence-electron chi connectivity index (χ1n) is 5.58. The standard InChI is InChI=1S/C12H23NO/c1-11(2)6-5-7-12(3,4)9-13-10(14)8-11/h5-9H2,1-4H3,(H,13,14). The van der Waals surface area contributed by atoms with Crippen molar-refractivity contribution in [1.29, 1.82) is 0 Å². The fourth-order valence-electron chi connectivity index (χ4n) is 2.06. The molecule has 0 unspecified atom stereocenters. The van der Waals surface area contributed by atoms with Crippen LogP contribution in [0, 0.1) is 10.8 Å². The van der Waals surface area contributed by atoms with Crippen molar-refractivity contribution in [2.24, 2.45) is 10.8 Å². The Labute approximate surface area is 87.5 Å². The molecule has 0 radical (unpaired) electrons. The lowest BCUT2D eigenvalue weighted by atomic mass is 9.81. The summed E-state index contributed by atoms with van der Waals surface area (Å²) in [5.74, 6) is 0.213. The lowest BCUT2D eigenvalue weighted by Crippen LogP contribution is -2.34. The summed E-state index contributed by atoms with van der Waals surface area (Å²) in [6, 6.07) is 0. The van der Waals surface area contributed by atoms with Gasteiger partial charge in [0.05, 0.1) is 0 Å². The van der Waals surface area contributed by atoms with Gasteiger partial charge in [0.2, 0.25) is 5.91 Å². The number of rotatable bonds is 0. The predicted octanol–water partition coefficient (Wildman–Crippen LogP) is 2.73. The van der Waals surface area contributed by atoms with Crippen molar-refractivity contribution >= 4 is 5.91 Å². The molecule has 0 aromatic rings. The Bertz CT molecular complexity index is 218. The molecule has 0 aliphatic carbocycles. The maximum Gasteiger partial charge on any atom is 0.220 e. The monoisotopic (exact) mass is 197 g/mol. The van der Waals surface area contributed by atoms with Gasteiger partial charge in [0.1, 0.15) is 0 Å². The summed E-state index contributed by atoms with van der Waals surface area (Å²) in [6.07, 6.45) is 4.26. The highest BCUT2D eigenvalue weighted by atomic mass is 16.1. The van der Waals surface area contributed by atoms with E-state index in [0.717, 1.165) is 13.0 Å². The molecule has 1 aliphatic heterocycles. The third-order valence-corrected chi connectivity index (χ3v) is 3.11. The van der Waals surface area contributed by atoms with Crippen LogP contribution in [-0.4, -0.2) is 12.5 Å². The van der Waals surface area contributed by atoms with Crippen LogP contribution in [0.3, 0.4) is 0 Å². The molecular weight excluding hydrogens is 174 g/mol. The van der Waals surface area contributed by atoms with Gasteiger partial charge in [-0.25, -0.2) is 0 Å². The normalized spacial score (nSPS) is 27.0. The Morgan fingerprint density at radius 3 is 2.29 bits per heavy atom. The minimum absolute atomic E-state index is 0.171. The zero-order valence-corrected chi connectivity index (χ0v) is 9.94. The van der Waals surface area contributed by atoms with Crippen LogP contribution in [0.15, 0.2) is 0 Å². The van der Waals surface area contributed by atoms with Crippen LogP contribution in [0.25, 0.3) is 0 Å². The van der Waals surface area contributed by atoms with Gasteiger partial charge in [0.15, 0.2) is 0 Å². The molecular formula is C12H23NO. The average Bonchev–Trinajstić information content (AvgIpc) is 2.01. The van der Waals surface area contributed by atoms with E-state index >= 15 is 0 Å². The molecule has 0 spiro atoms. The van der Waals surface area contributed by atoms with Crippen LogP contribution in [0.2, 0.25) is 0 Å². The lowest BCUT2D eigenvalue weighted by Gasteiger charge is -2.24. The van der Waals surface area contributed by atoms with Gasteiger partial charge in [-0.05, 0) is 23.7 Å². The van der Waals surface area contributed by atoms with Gasteiger partial charge in [-0.15, -0.1) is 0 Å². The Balaban J connectivity index is 2.65. The average molecular weight is 197 g/mol. The SMILES string of the molecule is CC1(C)CCCC(C)(C)CC(=O)NC1. The van der Waals surface area contributed by atoms with Gasteiger partial charge in [-0.1, -0.05) is 34.1 Å². The van der Waals surface area contributed by atoms with Crippen LogP contribution in [0.5, 0.6) is 0 Å². The highest BCUT2D eigenvalue weighted by Crippen LogP contribution is 2.32. The number of carbonyl (C=O) groups is 1. The summed E-state index contributed by atoms with van der Waals surface area (Å²) in [7, 11) is 0. The van der Waals surface area contributed by atoms with E-state index in [1.54, 1.807) is 0 Å². The summed E-state index contributed by atoms with van der Waals surface area (Å²) < 4.78 is 0. The number of hydrogen-bond acceptors (Lipinski definition) is 1. The van der Waals surface area contributed by atoms with Crippen LogP contribution >= 0.6 is 0 Å². The second-order valence-corrected chi connectivity index (χ2v) is 6.14. The molecule has 1 amide bonds. The molecule has 1 N–H and O–H groups in total. The highest BCUT2D eigenvalue weighted by molar-refractivity contribution is 5.76. The Morgan fingerprint density at radius 2 is 1.64 bits per heavy atom. The fraction of sp³-hybridized carbons (Fsp3) is 0.917. The van der Waals surface area contributed by atoms with Gasteiger partial charge in [-0.3, -0.25) is 4.79 Å². The molecule has 0 aromatic carbocycles. The first kappa shape index (κ1) is 11.5. The van der Waals surface area contributed by atoms with Crippen molar-refractivity contribution in [3.05, 3.63) is 0 Å². The second kappa shape index (κ2) is 3.92. The van der Waals surface area contributed by atoms with Crippen molar-refractivity contribution in [2.45, 2.75) is 53.4 Å². The molecule has 1 heterocycles. The smallest absolute Gasteiger partial charge is 0.220 e. The zero-order chi connectivity index (χ0) is 10.8. The van der Waals surface area contributed by atoms with E-state index in [1.807, 2.05) is 0 Å². The summed E-state index contributed by atoms with van der Waals surface area (Å²) in [5.41, 5.74) is 0.431. The van der Waals surface area contributed by atoms with E-state index in [2.05, 4.69) is 33.0 Å². The van der Waals surface area contributed by atoms with Crippen LogP contribution in [0.4, 0.5) is 0 Å². The molecule has 1 fully saturated rings. The number of carbonyl (C=O) groups excluding carboxylic acids is 1. The highest BCUT2D eigenvalue weighted by Gasteiger charge is 2.27. The van der Waals surface area contributed by atoms with Crippen LogP contribution in [-0.2, 0) is 4.79 Å². The lowest BCUT2D eigenvalue weighted by molar-refractivity contribution is -0.123. The van der Waals surface area contributed by atoms with Crippen LogP contribution < -0.4 is 5.32 Å². The summed E-state index contributed by atoms with van der Waals surface area (Å²) in [5, 5.41) is 3.03. The Morgan fingerprint density at radius 1 is 1.07 bits per heavy atom. The summed E-state index contributed by atoms with van der Waals surface area (Å²) >= 11 is 0. The van der Waals surface area contributed by atoms with E-state index < -0.39 is 0 Å². The molecule has 82 valence electrons. The molecule has 2 nitrogen and oxygen atoms in total. The summed E-state index contributed by atoms with van der Waals surface area (Å²) in [4.78, 5) is 11.6. The largest absolute Gasteiger partial charge is 0.356 e. The van der Waals surface area contributed by atoms with Gasteiger partial charge in [-0.2, -0.15) is 0 Å². The van der Waals surface area contributed by atoms with E-state index in [0.29, 0.717) is 6.42 Å². The van der Waals surface area contributed by atoms with Gasteiger partial charge in [0, 0.05) is 13.0 Å². The molecule has 1 aliphatic rings. The fourth-order valence-corrected chi connectivity index (χ4v) is 2.06. The minimum Gasteiger partial charge on any atom is -0.356 e. The topological polar surface area (TPSA) is 29.1 Å². The predicted molar refractivity (Wildman–Crippen MR) is 59.0 cm³/mol. The van der Waals surface area contributed by atoms with Crippen LogP contribution in [0.1, 0.15) is 53.4 Å². The molecule has 14 heavy (non-hydrogen) atoms. The van der Waals surface area contributed by atoms with Crippen molar-refractivity contribution in [1.82, 2.24) is 5.32 Å². The number of nitrogens with one attached hydrogen (secondary N) is 1. The first-order valence-corrected chi connectivity index (χ1v) is 5.58. The van der Waals surface area contributed by atoms with Crippen molar-refractivity contribution < 1.29 is 4.79 Å². The van der Waals surface area contributed by atoms with E-state index in [1.165, 1.54) is 12.8 Å². The number of amides is 1. The van der Waals surface area contributed by atoms with Gasteiger partial charge >= 0.3 is 0 Å². The summed E-state index contributed by atoms with van der Waals surface area (Å²) in [6.45, 7) is 9.65. The molecule has 1 saturated heterocycles. The van der Waals surface area contributed by atoms with E-state index in [9.17, 15) is 4.79 Å². The molecule has 0 saturated carbocycles. The van der Waals surface area contributed by atoms with Gasteiger partial charge in [0.25, 0.3) is 0 Å². The third kappa shape index (κ3) is 3.69. The number of hydrogen-bond donors (Lipinski definition) is 1. The second-order valence-electron chi connectivity index (χ2n) is 6.14. The van der Waals surface area contributed by atoms with E-state index in [-0.39, 0.29) is 16.7 Å². The Kier molecular flexibility index (Phi) is 3.23. The van der Waals surface area contributed by atoms with Crippen molar-refractivity contribution in [3.63, 3.8) is 0 Å². The molecule has 0 bridgehead atoms. The first-order chi connectivity index (χ1) is 6.31. The van der Waals surface area contributed by atoms with Crippen molar-refractivity contribution in [3.8, 4) is 0 Å². The van der Waals surface area contributed by atoms with E-state index in [4.69, 9.17) is 0 Å².